The van der Waals surface area contributed by atoms with E-state index in [9.17, 15) is 14.4 Å². The van der Waals surface area contributed by atoms with Crippen LogP contribution in [-0.4, -0.2) is 29.1 Å². The molecule has 132 valence electrons. The van der Waals surface area contributed by atoms with Crippen molar-refractivity contribution >= 4 is 46.6 Å². The normalized spacial score (nSPS) is 15.6. The molecule has 7 heteroatoms. The minimum Gasteiger partial charge on any atom is -0.465 e. The molecule has 0 saturated carbocycles. The number of hydrogen-bond acceptors (Lipinski definition) is 5. The van der Waals surface area contributed by atoms with Crippen molar-refractivity contribution in [2.45, 2.75) is 6.54 Å². The lowest BCUT2D eigenvalue weighted by atomic mass is 10.1. The molecule has 3 rings (SSSR count). The Kier molecular flexibility index (Phi) is 5.44. The number of halogens is 1. The Bertz CT molecular complexity index is 891. The Balaban J connectivity index is 1.76. The van der Waals surface area contributed by atoms with E-state index in [2.05, 4.69) is 4.74 Å². The average molecular weight is 388 g/mol. The van der Waals surface area contributed by atoms with Gasteiger partial charge in [-0.05, 0) is 53.2 Å². The second kappa shape index (κ2) is 7.76. The number of hydrogen-bond donors (Lipinski definition) is 0. The maximum absolute atomic E-state index is 12.5. The van der Waals surface area contributed by atoms with Crippen LogP contribution >= 0.6 is 23.4 Å². The Morgan fingerprint density at radius 1 is 1.12 bits per heavy atom. The van der Waals surface area contributed by atoms with E-state index in [4.69, 9.17) is 11.6 Å². The zero-order valence-corrected chi connectivity index (χ0v) is 15.3. The van der Waals surface area contributed by atoms with Crippen LogP contribution in [0, 0.1) is 0 Å². The van der Waals surface area contributed by atoms with E-state index < -0.39 is 5.97 Å². The molecule has 2 aromatic carbocycles. The van der Waals surface area contributed by atoms with Crippen molar-refractivity contribution in [3.63, 3.8) is 0 Å². The fourth-order valence-electron chi connectivity index (χ4n) is 2.39. The van der Waals surface area contributed by atoms with Crippen molar-refractivity contribution in [1.82, 2.24) is 4.90 Å². The van der Waals surface area contributed by atoms with E-state index in [1.165, 1.54) is 12.0 Å². The molecule has 5 nitrogen and oxygen atoms in total. The lowest BCUT2D eigenvalue weighted by Crippen LogP contribution is -2.27. The van der Waals surface area contributed by atoms with Gasteiger partial charge in [-0.15, -0.1) is 0 Å². The highest BCUT2D eigenvalue weighted by atomic mass is 35.5. The smallest absolute Gasteiger partial charge is 0.337 e. The van der Waals surface area contributed by atoms with Gasteiger partial charge >= 0.3 is 5.97 Å². The maximum Gasteiger partial charge on any atom is 0.337 e. The molecule has 0 spiro atoms. The van der Waals surface area contributed by atoms with E-state index in [0.29, 0.717) is 15.5 Å². The molecular formula is C19H14ClNO4S. The topological polar surface area (TPSA) is 63.7 Å². The van der Waals surface area contributed by atoms with E-state index in [0.717, 1.165) is 22.9 Å². The van der Waals surface area contributed by atoms with Crippen LogP contribution in [0.2, 0.25) is 5.02 Å². The number of methoxy groups -OCH3 is 1. The molecule has 0 radical (unpaired) electrons. The number of carbonyl (C=O) groups excluding carboxylic acids is 3. The fraction of sp³-hybridized carbons (Fsp3) is 0.105. The van der Waals surface area contributed by atoms with Crippen molar-refractivity contribution in [3.05, 3.63) is 75.1 Å². The summed E-state index contributed by atoms with van der Waals surface area (Å²) < 4.78 is 4.65. The molecule has 0 aliphatic carbocycles. The fourth-order valence-corrected chi connectivity index (χ4v) is 3.36. The van der Waals surface area contributed by atoms with Gasteiger partial charge in [0.25, 0.3) is 11.1 Å². The predicted molar refractivity (Wildman–Crippen MR) is 101 cm³/mol. The number of rotatable bonds is 4. The zero-order chi connectivity index (χ0) is 18.7. The SMILES string of the molecule is COC(=O)c1ccc(C=C2SC(=O)N(Cc3ccc(Cl)cc3)C2=O)cc1. The highest BCUT2D eigenvalue weighted by molar-refractivity contribution is 8.18. The van der Waals surface area contributed by atoms with Gasteiger partial charge < -0.3 is 4.74 Å². The zero-order valence-electron chi connectivity index (χ0n) is 13.8. The van der Waals surface area contributed by atoms with E-state index >= 15 is 0 Å². The summed E-state index contributed by atoms with van der Waals surface area (Å²) in [6.07, 6.45) is 1.63. The molecular weight excluding hydrogens is 374 g/mol. The highest BCUT2D eigenvalue weighted by Gasteiger charge is 2.34. The van der Waals surface area contributed by atoms with Crippen LogP contribution in [0.1, 0.15) is 21.5 Å². The second-order valence-electron chi connectivity index (χ2n) is 5.51. The van der Waals surface area contributed by atoms with Crippen LogP contribution < -0.4 is 0 Å². The molecule has 0 aromatic heterocycles. The molecule has 26 heavy (non-hydrogen) atoms. The molecule has 1 saturated heterocycles. The Labute approximate surface area is 159 Å². The second-order valence-corrected chi connectivity index (χ2v) is 6.94. The van der Waals surface area contributed by atoms with Gasteiger partial charge in [-0.3, -0.25) is 14.5 Å². The van der Waals surface area contributed by atoms with Crippen molar-refractivity contribution in [2.75, 3.05) is 7.11 Å². The Hall–Kier alpha value is -2.57. The number of nitrogens with zero attached hydrogens (tertiary/aromatic N) is 1. The minimum atomic E-state index is -0.431. The van der Waals surface area contributed by atoms with Crippen molar-refractivity contribution in [3.8, 4) is 0 Å². The third-order valence-electron chi connectivity index (χ3n) is 3.76. The lowest BCUT2D eigenvalue weighted by Gasteiger charge is -2.12. The standard InChI is InChI=1S/C19H14ClNO4S/c1-25-18(23)14-6-2-12(3-7-14)10-16-17(22)21(19(24)26-16)11-13-4-8-15(20)9-5-13/h2-10H,11H2,1H3. The van der Waals surface area contributed by atoms with Gasteiger partial charge in [-0.2, -0.15) is 0 Å². The third kappa shape index (κ3) is 3.98. The van der Waals surface area contributed by atoms with Gasteiger partial charge in [0.05, 0.1) is 24.1 Å². The lowest BCUT2D eigenvalue weighted by molar-refractivity contribution is -0.123. The molecule has 1 aliphatic heterocycles. The first-order valence-electron chi connectivity index (χ1n) is 7.66. The first-order valence-corrected chi connectivity index (χ1v) is 8.85. The summed E-state index contributed by atoms with van der Waals surface area (Å²) in [4.78, 5) is 37.7. The molecule has 1 heterocycles. The number of benzene rings is 2. The van der Waals surface area contributed by atoms with Crippen molar-refractivity contribution in [2.24, 2.45) is 0 Å². The van der Waals surface area contributed by atoms with Crippen molar-refractivity contribution < 1.29 is 19.1 Å². The molecule has 2 aromatic rings. The largest absolute Gasteiger partial charge is 0.465 e. The number of ether oxygens (including phenoxy) is 1. The Morgan fingerprint density at radius 2 is 1.77 bits per heavy atom. The Morgan fingerprint density at radius 3 is 2.38 bits per heavy atom. The highest BCUT2D eigenvalue weighted by Crippen LogP contribution is 2.33. The summed E-state index contributed by atoms with van der Waals surface area (Å²) in [5.41, 5.74) is 1.95. The van der Waals surface area contributed by atoms with Gasteiger partial charge in [-0.1, -0.05) is 35.9 Å². The van der Waals surface area contributed by atoms with Crippen molar-refractivity contribution in [1.29, 1.82) is 0 Å². The summed E-state index contributed by atoms with van der Waals surface area (Å²) >= 11 is 6.74. The monoisotopic (exact) mass is 387 g/mol. The van der Waals surface area contributed by atoms with Crippen LogP contribution in [0.15, 0.2) is 53.4 Å². The molecule has 1 aliphatic rings. The number of esters is 1. The van der Waals surface area contributed by atoms with Gasteiger partial charge in [0.2, 0.25) is 0 Å². The predicted octanol–water partition coefficient (Wildman–Crippen LogP) is 4.36. The molecule has 2 amide bonds. The van der Waals surface area contributed by atoms with E-state index in [1.54, 1.807) is 54.6 Å². The number of imide groups is 1. The van der Waals surface area contributed by atoms with Crippen LogP contribution in [0.3, 0.4) is 0 Å². The third-order valence-corrected chi connectivity index (χ3v) is 4.92. The average Bonchev–Trinajstić information content (AvgIpc) is 2.91. The minimum absolute atomic E-state index is 0.195. The first-order chi connectivity index (χ1) is 12.5. The number of amides is 2. The summed E-state index contributed by atoms with van der Waals surface area (Å²) in [5, 5.41) is 0.278. The van der Waals surface area contributed by atoms with Crippen LogP contribution in [-0.2, 0) is 16.1 Å². The van der Waals surface area contributed by atoms with Crippen LogP contribution in [0.25, 0.3) is 6.08 Å². The molecule has 0 atom stereocenters. The van der Waals surface area contributed by atoms with Crippen LogP contribution in [0.4, 0.5) is 4.79 Å². The first kappa shape index (κ1) is 18.2. The van der Waals surface area contributed by atoms with Crippen LogP contribution in [0.5, 0.6) is 0 Å². The summed E-state index contributed by atoms with van der Waals surface area (Å²) in [7, 11) is 1.31. The van der Waals surface area contributed by atoms with Gasteiger partial charge in [-0.25, -0.2) is 4.79 Å². The van der Waals surface area contributed by atoms with Gasteiger partial charge in [0.15, 0.2) is 0 Å². The molecule has 0 bridgehead atoms. The number of thioether (sulfide) groups is 1. The van der Waals surface area contributed by atoms with Gasteiger partial charge in [0, 0.05) is 5.02 Å². The maximum atomic E-state index is 12.5. The molecule has 0 N–H and O–H groups in total. The quantitative estimate of drug-likeness (QED) is 0.576. The molecule has 1 fully saturated rings. The summed E-state index contributed by atoms with van der Waals surface area (Å²) in [5.74, 6) is -0.771. The van der Waals surface area contributed by atoms with E-state index in [1.807, 2.05) is 0 Å². The molecule has 0 unspecified atom stereocenters. The summed E-state index contributed by atoms with van der Waals surface area (Å²) in [6, 6.07) is 13.6. The number of carbonyl (C=O) groups is 3. The summed E-state index contributed by atoms with van der Waals surface area (Å²) in [6.45, 7) is 0.195. The van der Waals surface area contributed by atoms with E-state index in [-0.39, 0.29) is 17.7 Å². The van der Waals surface area contributed by atoms with Gasteiger partial charge in [0.1, 0.15) is 0 Å².